The predicted molar refractivity (Wildman–Crippen MR) is 116 cm³/mol. The number of nitrogens with one attached hydrogen (secondary N) is 3. The second kappa shape index (κ2) is 11.8. The van der Waals surface area contributed by atoms with Crippen LogP contribution in [0.4, 0.5) is 10.5 Å². The minimum atomic E-state index is -0.279. The lowest BCUT2D eigenvalue weighted by Crippen LogP contribution is -2.52. The number of hydrogen-bond donors (Lipinski definition) is 3. The van der Waals surface area contributed by atoms with Crippen LogP contribution in [0, 0.1) is 5.92 Å². The monoisotopic (exact) mass is 404 g/mol. The van der Waals surface area contributed by atoms with Crippen LogP contribution in [0.3, 0.4) is 0 Å². The van der Waals surface area contributed by atoms with Crippen LogP contribution in [0.5, 0.6) is 0 Å². The van der Waals surface area contributed by atoms with E-state index < -0.39 is 0 Å². The number of urea groups is 1. The van der Waals surface area contributed by atoms with Crippen molar-refractivity contribution in [2.45, 2.75) is 52.6 Å². The van der Waals surface area contributed by atoms with Crippen molar-refractivity contribution in [3.05, 3.63) is 29.8 Å². The Morgan fingerprint density at radius 3 is 2.45 bits per heavy atom. The van der Waals surface area contributed by atoms with Crippen molar-refractivity contribution < 1.29 is 14.3 Å². The zero-order valence-corrected chi connectivity index (χ0v) is 18.2. The average molecular weight is 405 g/mol. The molecule has 162 valence electrons. The first-order valence-corrected chi connectivity index (χ1v) is 10.7. The molecule has 1 aromatic carbocycles. The van der Waals surface area contributed by atoms with E-state index >= 15 is 0 Å². The highest BCUT2D eigenvalue weighted by atomic mass is 16.5. The summed E-state index contributed by atoms with van der Waals surface area (Å²) in [4.78, 5) is 27.1. The van der Waals surface area contributed by atoms with Crippen molar-refractivity contribution in [3.8, 4) is 0 Å². The molecule has 0 saturated carbocycles. The number of carbonyl (C=O) groups is 2. The summed E-state index contributed by atoms with van der Waals surface area (Å²) < 4.78 is 5.49. The smallest absolute Gasteiger partial charge is 0.319 e. The molecule has 1 fully saturated rings. The van der Waals surface area contributed by atoms with Crippen molar-refractivity contribution in [2.24, 2.45) is 5.92 Å². The van der Waals surface area contributed by atoms with Gasteiger partial charge in [-0.15, -0.1) is 0 Å². The maximum Gasteiger partial charge on any atom is 0.319 e. The van der Waals surface area contributed by atoms with Gasteiger partial charge in [0.15, 0.2) is 0 Å². The normalized spacial score (nSPS) is 15.9. The summed E-state index contributed by atoms with van der Waals surface area (Å²) in [5, 5.41) is 8.65. The van der Waals surface area contributed by atoms with E-state index in [-0.39, 0.29) is 18.0 Å². The molecule has 3 amide bonds. The number of hydrogen-bond acceptors (Lipinski definition) is 4. The highest BCUT2D eigenvalue weighted by Gasteiger charge is 2.27. The lowest BCUT2D eigenvalue weighted by atomic mass is 9.92. The van der Waals surface area contributed by atoms with Crippen LogP contribution >= 0.6 is 0 Å². The first-order chi connectivity index (χ1) is 13.9. The van der Waals surface area contributed by atoms with Crippen molar-refractivity contribution in [1.82, 2.24) is 15.5 Å². The summed E-state index contributed by atoms with van der Waals surface area (Å²) >= 11 is 0. The lowest BCUT2D eigenvalue weighted by molar-refractivity contribution is 0.00191. The van der Waals surface area contributed by atoms with E-state index in [1.165, 1.54) is 0 Å². The molecule has 1 heterocycles. The van der Waals surface area contributed by atoms with Crippen molar-refractivity contribution in [1.29, 1.82) is 0 Å². The molecule has 3 N–H and O–H groups in total. The largest absolute Gasteiger partial charge is 0.379 e. The maximum atomic E-state index is 12.8. The molecule has 29 heavy (non-hydrogen) atoms. The topological polar surface area (TPSA) is 82.7 Å². The minimum Gasteiger partial charge on any atom is -0.379 e. The molecule has 7 heteroatoms. The molecule has 1 saturated heterocycles. The number of benzene rings is 1. The quantitative estimate of drug-likeness (QED) is 0.591. The van der Waals surface area contributed by atoms with Crippen LogP contribution in [-0.2, 0) is 4.74 Å². The molecule has 1 aliphatic rings. The van der Waals surface area contributed by atoms with E-state index in [2.05, 4.69) is 34.7 Å². The maximum absolute atomic E-state index is 12.8. The summed E-state index contributed by atoms with van der Waals surface area (Å²) in [7, 11) is 0. The number of rotatable bonds is 9. The molecule has 0 spiro atoms. The van der Waals surface area contributed by atoms with Gasteiger partial charge >= 0.3 is 6.03 Å². The van der Waals surface area contributed by atoms with E-state index in [4.69, 9.17) is 4.74 Å². The zero-order chi connectivity index (χ0) is 21.2. The number of anilines is 1. The van der Waals surface area contributed by atoms with E-state index in [1.54, 1.807) is 24.3 Å². The zero-order valence-electron chi connectivity index (χ0n) is 18.2. The van der Waals surface area contributed by atoms with Gasteiger partial charge in [0.2, 0.25) is 0 Å². The fraction of sp³-hybridized carbons (Fsp3) is 0.636. The summed E-state index contributed by atoms with van der Waals surface area (Å²) in [6, 6.07) is 7.09. The molecular weight excluding hydrogens is 368 g/mol. The number of carbonyl (C=O) groups excluding carboxylic acids is 2. The Morgan fingerprint density at radius 1 is 1.14 bits per heavy atom. The Kier molecular flexibility index (Phi) is 9.41. The van der Waals surface area contributed by atoms with Gasteiger partial charge in [-0.3, -0.25) is 9.69 Å². The molecule has 1 atom stereocenters. The first-order valence-electron chi connectivity index (χ1n) is 10.7. The molecular formula is C22H36N4O3. The van der Waals surface area contributed by atoms with Crippen LogP contribution in [0.2, 0.25) is 0 Å². The van der Waals surface area contributed by atoms with E-state index in [1.807, 2.05) is 13.8 Å². The van der Waals surface area contributed by atoms with Crippen LogP contribution in [-0.4, -0.2) is 61.8 Å². The van der Waals surface area contributed by atoms with Crippen LogP contribution in [0.25, 0.3) is 0 Å². The standard InChI is InChI=1S/C22H36N4O3/c1-5-17(6-2)20(26-10-12-29-13-11-26)15-23-21(27)18-8-7-9-19(14-18)25-22(28)24-16(3)4/h7-9,14,16-17,20H,5-6,10-13,15H2,1-4H3,(H,23,27)(H2,24,25,28). The Labute approximate surface area is 174 Å². The van der Waals surface area contributed by atoms with Gasteiger partial charge in [0, 0.05) is 43.0 Å². The van der Waals surface area contributed by atoms with Crippen LogP contribution < -0.4 is 16.0 Å². The molecule has 1 aliphatic heterocycles. The highest BCUT2D eigenvalue weighted by Crippen LogP contribution is 2.20. The molecule has 0 aromatic heterocycles. The SMILES string of the molecule is CCC(CC)C(CNC(=O)c1cccc(NC(=O)NC(C)C)c1)N1CCOCC1. The third-order valence-electron chi connectivity index (χ3n) is 5.38. The molecule has 0 aliphatic carbocycles. The van der Waals surface area contributed by atoms with Crippen molar-refractivity contribution >= 4 is 17.6 Å². The predicted octanol–water partition coefficient (Wildman–Crippen LogP) is 3.08. The van der Waals surface area contributed by atoms with Gasteiger partial charge in [-0.2, -0.15) is 0 Å². The number of nitrogens with zero attached hydrogens (tertiary/aromatic N) is 1. The number of morpholine rings is 1. The van der Waals surface area contributed by atoms with E-state index in [0.29, 0.717) is 29.8 Å². The third kappa shape index (κ3) is 7.33. The van der Waals surface area contributed by atoms with Gasteiger partial charge < -0.3 is 20.7 Å². The van der Waals surface area contributed by atoms with Crippen LogP contribution in [0.1, 0.15) is 50.9 Å². The minimum absolute atomic E-state index is 0.0451. The second-order valence-corrected chi connectivity index (χ2v) is 7.84. The summed E-state index contributed by atoms with van der Waals surface area (Å²) in [6.07, 6.45) is 2.16. The Balaban J connectivity index is 2.00. The number of amides is 3. The summed E-state index contributed by atoms with van der Waals surface area (Å²) in [6.45, 7) is 12.1. The second-order valence-electron chi connectivity index (χ2n) is 7.84. The van der Waals surface area contributed by atoms with E-state index in [0.717, 1.165) is 39.1 Å². The first kappa shape index (κ1) is 23.2. The Hall–Kier alpha value is -2.12. The summed E-state index contributed by atoms with van der Waals surface area (Å²) in [5.74, 6) is 0.406. The Morgan fingerprint density at radius 2 is 1.83 bits per heavy atom. The van der Waals surface area contributed by atoms with Gasteiger partial charge in [-0.25, -0.2) is 4.79 Å². The fourth-order valence-electron chi connectivity index (χ4n) is 3.80. The van der Waals surface area contributed by atoms with Crippen molar-refractivity contribution in [2.75, 3.05) is 38.2 Å². The van der Waals surface area contributed by atoms with Gasteiger partial charge in [-0.05, 0) is 38.0 Å². The lowest BCUT2D eigenvalue weighted by Gasteiger charge is -2.38. The fourth-order valence-corrected chi connectivity index (χ4v) is 3.80. The van der Waals surface area contributed by atoms with Gasteiger partial charge in [-0.1, -0.05) is 32.8 Å². The number of ether oxygens (including phenoxy) is 1. The van der Waals surface area contributed by atoms with Gasteiger partial charge in [0.05, 0.1) is 13.2 Å². The molecule has 0 bridgehead atoms. The molecule has 2 rings (SSSR count). The third-order valence-corrected chi connectivity index (χ3v) is 5.38. The van der Waals surface area contributed by atoms with E-state index in [9.17, 15) is 9.59 Å². The van der Waals surface area contributed by atoms with Gasteiger partial charge in [0.25, 0.3) is 5.91 Å². The average Bonchev–Trinajstić information content (AvgIpc) is 2.71. The Bertz CT molecular complexity index is 655. The summed E-state index contributed by atoms with van der Waals surface area (Å²) in [5.41, 5.74) is 1.14. The van der Waals surface area contributed by atoms with Crippen LogP contribution in [0.15, 0.2) is 24.3 Å². The highest BCUT2D eigenvalue weighted by molar-refractivity contribution is 5.96. The van der Waals surface area contributed by atoms with Crippen molar-refractivity contribution in [3.63, 3.8) is 0 Å². The molecule has 0 radical (unpaired) electrons. The molecule has 1 aromatic rings. The van der Waals surface area contributed by atoms with Gasteiger partial charge in [0.1, 0.15) is 0 Å². The molecule has 1 unspecified atom stereocenters. The molecule has 7 nitrogen and oxygen atoms in total.